The van der Waals surface area contributed by atoms with Crippen LogP contribution < -0.4 is 5.32 Å². The molecule has 0 unspecified atom stereocenters. The van der Waals surface area contributed by atoms with E-state index in [1.165, 1.54) is 7.05 Å². The number of rotatable bonds is 7. The second-order valence-corrected chi connectivity index (χ2v) is 8.22. The Balaban J connectivity index is 2.28. The number of alkyl halides is 2. The molecule has 27 heavy (non-hydrogen) atoms. The fourth-order valence-electron chi connectivity index (χ4n) is 2.28. The number of nitrogens with zero attached hydrogens (tertiary/aromatic N) is 1. The van der Waals surface area contributed by atoms with Crippen LogP contribution in [-0.4, -0.2) is 38.0 Å². The number of aromatic nitrogens is 1. The number of carbonyl (C=O) groups is 1. The Morgan fingerprint density at radius 3 is 2.48 bits per heavy atom. The lowest BCUT2D eigenvalue weighted by Gasteiger charge is -2.08. The maximum absolute atomic E-state index is 13.9. The number of anilines is 1. The normalized spacial score (nSPS) is 11.8. The fraction of sp³-hybridized carbons (Fsp3) is 0.312. The molecule has 1 aromatic carbocycles. The lowest BCUT2D eigenvalue weighted by molar-refractivity contribution is 0.101. The van der Waals surface area contributed by atoms with Gasteiger partial charge in [0.1, 0.15) is 16.5 Å². The summed E-state index contributed by atoms with van der Waals surface area (Å²) in [6, 6.07) is 2.82. The number of carbonyl (C=O) groups excluding carboxylic acids is 1. The molecule has 1 aromatic heterocycles. The van der Waals surface area contributed by atoms with Crippen LogP contribution in [0.3, 0.4) is 0 Å². The molecule has 2 rings (SSSR count). The Labute approximate surface area is 157 Å². The van der Waals surface area contributed by atoms with E-state index in [1.54, 1.807) is 0 Å². The number of hydrogen-bond acceptors (Lipinski definition) is 3. The van der Waals surface area contributed by atoms with Gasteiger partial charge in [0.05, 0.1) is 29.7 Å². The van der Waals surface area contributed by atoms with Crippen LogP contribution in [-0.2, 0) is 16.9 Å². The molecule has 0 atom stereocenters. The van der Waals surface area contributed by atoms with Crippen LogP contribution in [0, 0.1) is 17.6 Å². The van der Waals surface area contributed by atoms with Crippen molar-refractivity contribution in [2.75, 3.05) is 24.4 Å². The summed E-state index contributed by atoms with van der Waals surface area (Å²) in [6.45, 7) is -2.28. The van der Waals surface area contributed by atoms with E-state index in [0.29, 0.717) is 0 Å². The third kappa shape index (κ3) is 4.62. The predicted octanol–water partition coefficient (Wildman–Crippen LogP) is 3.54. The Hall–Kier alpha value is -2.07. The summed E-state index contributed by atoms with van der Waals surface area (Å²) in [5, 5.41) is 1.36. The lowest BCUT2D eigenvalue weighted by Crippen LogP contribution is -2.19. The first-order chi connectivity index (χ1) is 12.6. The van der Waals surface area contributed by atoms with Crippen molar-refractivity contribution in [2.45, 2.75) is 4.90 Å². The quantitative estimate of drug-likeness (QED) is 0.544. The van der Waals surface area contributed by atoms with Gasteiger partial charge in [-0.2, -0.15) is 0 Å². The highest BCUT2D eigenvalue weighted by molar-refractivity contribution is 7.91. The number of amides is 1. The monoisotopic (exact) mass is 426 g/mol. The standard InChI is InChI=1S/C16H15ClF4N2O3S/c1-23-7-10(27(25,26)8-9(5-18)6-19)4-13(23)16(24)22-12-3-2-11(20)14(17)15(12)21/h2-4,7,9H,5-6,8H2,1H3,(H,22,24). The molecule has 0 aliphatic carbocycles. The zero-order chi connectivity index (χ0) is 20.4. The SMILES string of the molecule is Cn1cc(S(=O)(=O)CC(CF)CF)cc1C(=O)Nc1ccc(F)c(Cl)c1F. The molecule has 1 amide bonds. The van der Waals surface area contributed by atoms with Crippen LogP contribution in [0.25, 0.3) is 0 Å². The van der Waals surface area contributed by atoms with Crippen molar-refractivity contribution in [3.8, 4) is 0 Å². The van der Waals surface area contributed by atoms with E-state index in [1.807, 2.05) is 0 Å². The summed E-state index contributed by atoms with van der Waals surface area (Å²) in [6.07, 6.45) is 1.10. The number of halogens is 5. The van der Waals surface area contributed by atoms with Crippen LogP contribution in [0.15, 0.2) is 29.3 Å². The maximum Gasteiger partial charge on any atom is 0.272 e. The Morgan fingerprint density at radius 2 is 1.89 bits per heavy atom. The molecule has 0 radical (unpaired) electrons. The van der Waals surface area contributed by atoms with Gasteiger partial charge in [-0.05, 0) is 18.2 Å². The van der Waals surface area contributed by atoms with Gasteiger partial charge in [-0.1, -0.05) is 11.6 Å². The fourth-order valence-corrected chi connectivity index (χ4v) is 4.04. The largest absolute Gasteiger partial charge is 0.345 e. The van der Waals surface area contributed by atoms with Crippen LogP contribution in [0.4, 0.5) is 23.2 Å². The van der Waals surface area contributed by atoms with Crippen LogP contribution in [0.2, 0.25) is 5.02 Å². The summed E-state index contributed by atoms with van der Waals surface area (Å²) < 4.78 is 77.9. The second kappa shape index (κ2) is 8.30. The number of benzene rings is 1. The summed E-state index contributed by atoms with van der Waals surface area (Å²) in [5.41, 5.74) is -0.558. The smallest absolute Gasteiger partial charge is 0.272 e. The summed E-state index contributed by atoms with van der Waals surface area (Å²) >= 11 is 5.44. The molecule has 148 valence electrons. The van der Waals surface area contributed by atoms with Crippen molar-refractivity contribution in [2.24, 2.45) is 13.0 Å². The molecule has 1 heterocycles. The van der Waals surface area contributed by atoms with E-state index in [-0.39, 0.29) is 10.6 Å². The van der Waals surface area contributed by atoms with Crippen molar-refractivity contribution in [1.82, 2.24) is 4.57 Å². The topological polar surface area (TPSA) is 68.2 Å². The van der Waals surface area contributed by atoms with Gasteiger partial charge in [-0.15, -0.1) is 0 Å². The van der Waals surface area contributed by atoms with Gasteiger partial charge in [0.25, 0.3) is 5.91 Å². The molecule has 0 fully saturated rings. The van der Waals surface area contributed by atoms with Gasteiger partial charge in [-0.25, -0.2) is 17.2 Å². The van der Waals surface area contributed by atoms with Crippen molar-refractivity contribution in [3.05, 3.63) is 46.7 Å². The highest BCUT2D eigenvalue weighted by Gasteiger charge is 2.25. The van der Waals surface area contributed by atoms with Gasteiger partial charge in [0.2, 0.25) is 0 Å². The van der Waals surface area contributed by atoms with Crippen molar-refractivity contribution in [1.29, 1.82) is 0 Å². The molecule has 11 heteroatoms. The van der Waals surface area contributed by atoms with Gasteiger partial charge < -0.3 is 9.88 Å². The van der Waals surface area contributed by atoms with Crippen LogP contribution >= 0.6 is 11.6 Å². The molecule has 0 aliphatic heterocycles. The first-order valence-electron chi connectivity index (χ1n) is 7.56. The highest BCUT2D eigenvalue weighted by Crippen LogP contribution is 2.26. The lowest BCUT2D eigenvalue weighted by atomic mass is 10.2. The van der Waals surface area contributed by atoms with Crippen molar-refractivity contribution < 1.29 is 30.8 Å². The zero-order valence-electron chi connectivity index (χ0n) is 14.0. The zero-order valence-corrected chi connectivity index (χ0v) is 15.6. The average molecular weight is 427 g/mol. The first-order valence-corrected chi connectivity index (χ1v) is 9.59. The van der Waals surface area contributed by atoms with E-state index < -0.39 is 63.1 Å². The average Bonchev–Trinajstić information content (AvgIpc) is 3.03. The maximum atomic E-state index is 13.9. The number of sulfone groups is 1. The van der Waals surface area contributed by atoms with Crippen molar-refractivity contribution >= 4 is 33.0 Å². The van der Waals surface area contributed by atoms with Crippen LogP contribution in [0.1, 0.15) is 10.5 Å². The Kier molecular flexibility index (Phi) is 6.53. The van der Waals surface area contributed by atoms with Gasteiger partial charge in [0, 0.05) is 19.2 Å². The van der Waals surface area contributed by atoms with E-state index in [9.17, 15) is 30.8 Å². The number of aryl methyl sites for hydroxylation is 1. The minimum atomic E-state index is -4.04. The second-order valence-electron chi connectivity index (χ2n) is 5.81. The Bertz CT molecular complexity index is 959. The van der Waals surface area contributed by atoms with Crippen molar-refractivity contribution in [3.63, 3.8) is 0 Å². The first kappa shape index (κ1) is 21.2. The minimum absolute atomic E-state index is 0.162. The van der Waals surface area contributed by atoms with Gasteiger partial charge >= 0.3 is 0 Å². The number of hydrogen-bond donors (Lipinski definition) is 1. The summed E-state index contributed by atoms with van der Waals surface area (Å²) in [4.78, 5) is 12.0. The van der Waals surface area contributed by atoms with Crippen LogP contribution in [0.5, 0.6) is 0 Å². The molecule has 0 bridgehead atoms. The van der Waals surface area contributed by atoms with E-state index >= 15 is 0 Å². The van der Waals surface area contributed by atoms with Gasteiger partial charge in [-0.3, -0.25) is 13.6 Å². The molecule has 0 saturated carbocycles. The summed E-state index contributed by atoms with van der Waals surface area (Å²) in [7, 11) is -2.67. The van der Waals surface area contributed by atoms with E-state index in [4.69, 9.17) is 11.6 Å². The third-order valence-corrected chi connectivity index (χ3v) is 5.94. The third-order valence-electron chi connectivity index (χ3n) is 3.75. The van der Waals surface area contributed by atoms with Gasteiger partial charge in [0.15, 0.2) is 15.7 Å². The predicted molar refractivity (Wildman–Crippen MR) is 92.2 cm³/mol. The molecular weight excluding hydrogens is 412 g/mol. The molecule has 0 spiro atoms. The Morgan fingerprint density at radius 1 is 1.26 bits per heavy atom. The molecular formula is C16H15ClF4N2O3S. The molecule has 0 saturated heterocycles. The molecule has 2 aromatic rings. The highest BCUT2D eigenvalue weighted by atomic mass is 35.5. The summed E-state index contributed by atoms with van der Waals surface area (Å²) in [5.74, 6) is -5.13. The van der Waals surface area contributed by atoms with E-state index in [0.717, 1.165) is 29.0 Å². The number of nitrogens with one attached hydrogen (secondary N) is 1. The minimum Gasteiger partial charge on any atom is -0.345 e. The molecule has 0 aliphatic rings. The molecule has 1 N–H and O–H groups in total. The molecule has 5 nitrogen and oxygen atoms in total. The van der Waals surface area contributed by atoms with E-state index in [2.05, 4.69) is 5.32 Å².